The fourth-order valence-corrected chi connectivity index (χ4v) is 1.07. The lowest BCUT2D eigenvalue weighted by Crippen LogP contribution is -2.09. The highest BCUT2D eigenvalue weighted by Gasteiger charge is 2.09. The number of aromatic hydroxyl groups is 1. The zero-order valence-electron chi connectivity index (χ0n) is 8.02. The normalized spacial score (nSPS) is 10.2. The van der Waals surface area contributed by atoms with E-state index in [1.54, 1.807) is 0 Å². The number of hydrogen-bond acceptors (Lipinski definition) is 4. The molecule has 1 rings (SSSR count). The molecule has 0 spiro atoms. The predicted octanol–water partition coefficient (Wildman–Crippen LogP) is 2.12. The number of hydrogen-bond donors (Lipinski definition) is 2. The molecule has 0 aliphatic rings. The standard InChI is InChI=1S/C9H12N2O3/c1-6(2)10-8-4-3-7(11(13)14)5-9(8)12/h3-6,10,12H,1-2H3. The number of nitrogens with one attached hydrogen (secondary N) is 1. The van der Waals surface area contributed by atoms with Crippen LogP contribution in [0.1, 0.15) is 13.8 Å². The second kappa shape index (κ2) is 3.95. The molecular weight excluding hydrogens is 184 g/mol. The van der Waals surface area contributed by atoms with Gasteiger partial charge in [-0.05, 0) is 19.9 Å². The Bertz CT molecular complexity index is 350. The van der Waals surface area contributed by atoms with E-state index in [1.807, 2.05) is 13.8 Å². The first-order chi connectivity index (χ1) is 6.50. The summed E-state index contributed by atoms with van der Waals surface area (Å²) in [6.07, 6.45) is 0. The van der Waals surface area contributed by atoms with Crippen LogP contribution >= 0.6 is 0 Å². The van der Waals surface area contributed by atoms with Gasteiger partial charge < -0.3 is 10.4 Å². The van der Waals surface area contributed by atoms with Crippen LogP contribution in [0.3, 0.4) is 0 Å². The molecule has 2 N–H and O–H groups in total. The number of phenols is 1. The molecule has 0 bridgehead atoms. The number of benzene rings is 1. The Kier molecular flexibility index (Phi) is 2.91. The molecule has 0 radical (unpaired) electrons. The molecular formula is C9H12N2O3. The van der Waals surface area contributed by atoms with E-state index >= 15 is 0 Å². The minimum absolute atomic E-state index is 0.104. The van der Waals surface area contributed by atoms with Crippen molar-refractivity contribution >= 4 is 11.4 Å². The minimum Gasteiger partial charge on any atom is -0.506 e. The Morgan fingerprint density at radius 3 is 2.57 bits per heavy atom. The molecule has 0 amide bonds. The third-order valence-electron chi connectivity index (χ3n) is 1.64. The molecule has 0 saturated carbocycles. The van der Waals surface area contributed by atoms with Gasteiger partial charge in [-0.1, -0.05) is 0 Å². The first-order valence-corrected chi connectivity index (χ1v) is 4.24. The van der Waals surface area contributed by atoms with Crippen molar-refractivity contribution in [3.8, 4) is 5.75 Å². The summed E-state index contributed by atoms with van der Waals surface area (Å²) in [6, 6.07) is 4.14. The van der Waals surface area contributed by atoms with E-state index in [-0.39, 0.29) is 17.5 Å². The molecule has 5 nitrogen and oxygen atoms in total. The molecule has 0 aliphatic heterocycles. The zero-order chi connectivity index (χ0) is 10.7. The maximum Gasteiger partial charge on any atom is 0.273 e. The topological polar surface area (TPSA) is 75.4 Å². The lowest BCUT2D eigenvalue weighted by atomic mass is 10.2. The first-order valence-electron chi connectivity index (χ1n) is 4.24. The van der Waals surface area contributed by atoms with Crippen molar-refractivity contribution in [3.63, 3.8) is 0 Å². The lowest BCUT2D eigenvalue weighted by molar-refractivity contribution is -0.384. The third kappa shape index (κ3) is 2.35. The number of phenolic OH excluding ortho intramolecular Hbond substituents is 1. The van der Waals surface area contributed by atoms with Crippen molar-refractivity contribution in [2.45, 2.75) is 19.9 Å². The highest BCUT2D eigenvalue weighted by atomic mass is 16.6. The SMILES string of the molecule is CC(C)Nc1ccc([N+](=O)[O-])cc1O. The van der Waals surface area contributed by atoms with Gasteiger partial charge >= 0.3 is 0 Å². The maximum atomic E-state index is 10.4. The van der Waals surface area contributed by atoms with E-state index in [0.717, 1.165) is 6.07 Å². The molecule has 76 valence electrons. The number of nitro benzene ring substituents is 1. The van der Waals surface area contributed by atoms with E-state index < -0.39 is 4.92 Å². The monoisotopic (exact) mass is 196 g/mol. The summed E-state index contributed by atoms with van der Waals surface area (Å²) < 4.78 is 0. The van der Waals surface area contributed by atoms with E-state index in [4.69, 9.17) is 0 Å². The van der Waals surface area contributed by atoms with Gasteiger partial charge in [0.25, 0.3) is 5.69 Å². The van der Waals surface area contributed by atoms with Crippen LogP contribution in [0.4, 0.5) is 11.4 Å². The van der Waals surface area contributed by atoms with Crippen molar-refractivity contribution in [1.29, 1.82) is 0 Å². The second-order valence-corrected chi connectivity index (χ2v) is 3.26. The van der Waals surface area contributed by atoms with Gasteiger partial charge in [-0.2, -0.15) is 0 Å². The van der Waals surface area contributed by atoms with Gasteiger partial charge in [-0.15, -0.1) is 0 Å². The Hall–Kier alpha value is -1.78. The van der Waals surface area contributed by atoms with Gasteiger partial charge in [0.15, 0.2) is 0 Å². The fraction of sp³-hybridized carbons (Fsp3) is 0.333. The molecule has 1 aromatic rings. The van der Waals surface area contributed by atoms with E-state index in [9.17, 15) is 15.2 Å². The maximum absolute atomic E-state index is 10.4. The number of nitrogens with zero attached hydrogens (tertiary/aromatic N) is 1. The first kappa shape index (κ1) is 10.3. The van der Waals surface area contributed by atoms with Crippen LogP contribution in [0.2, 0.25) is 0 Å². The van der Waals surface area contributed by atoms with Crippen LogP contribution in [0.25, 0.3) is 0 Å². The summed E-state index contributed by atoms with van der Waals surface area (Å²) in [5, 5.41) is 22.7. The summed E-state index contributed by atoms with van der Waals surface area (Å²) in [4.78, 5) is 9.82. The van der Waals surface area contributed by atoms with Crippen molar-refractivity contribution in [3.05, 3.63) is 28.3 Å². The summed E-state index contributed by atoms with van der Waals surface area (Å²) in [5.41, 5.74) is 0.391. The van der Waals surface area contributed by atoms with Crippen LogP contribution in [-0.2, 0) is 0 Å². The molecule has 0 fully saturated rings. The van der Waals surface area contributed by atoms with Crippen LogP contribution in [0, 0.1) is 10.1 Å². The van der Waals surface area contributed by atoms with Gasteiger partial charge in [0.05, 0.1) is 16.7 Å². The van der Waals surface area contributed by atoms with E-state index in [2.05, 4.69) is 5.32 Å². The Morgan fingerprint density at radius 2 is 2.14 bits per heavy atom. The molecule has 0 unspecified atom stereocenters. The molecule has 0 atom stereocenters. The van der Waals surface area contributed by atoms with Gasteiger partial charge in [0.2, 0.25) is 0 Å². The van der Waals surface area contributed by atoms with E-state index in [1.165, 1.54) is 12.1 Å². The van der Waals surface area contributed by atoms with Crippen LogP contribution in [0.15, 0.2) is 18.2 Å². The summed E-state index contributed by atoms with van der Waals surface area (Å²) in [6.45, 7) is 3.84. The smallest absolute Gasteiger partial charge is 0.273 e. The number of anilines is 1. The van der Waals surface area contributed by atoms with Crippen molar-refractivity contribution in [1.82, 2.24) is 0 Å². The number of nitro groups is 1. The largest absolute Gasteiger partial charge is 0.506 e. The highest BCUT2D eigenvalue weighted by molar-refractivity contribution is 5.60. The molecule has 0 heterocycles. The van der Waals surface area contributed by atoms with Crippen molar-refractivity contribution < 1.29 is 10.0 Å². The molecule has 14 heavy (non-hydrogen) atoms. The van der Waals surface area contributed by atoms with Crippen LogP contribution < -0.4 is 5.32 Å². The minimum atomic E-state index is -0.543. The van der Waals surface area contributed by atoms with Gasteiger partial charge in [0, 0.05) is 12.1 Å². The summed E-state index contributed by atoms with van der Waals surface area (Å²) >= 11 is 0. The Morgan fingerprint density at radius 1 is 1.50 bits per heavy atom. The lowest BCUT2D eigenvalue weighted by Gasteiger charge is -2.10. The summed E-state index contributed by atoms with van der Waals surface area (Å²) in [7, 11) is 0. The molecule has 0 aromatic heterocycles. The third-order valence-corrected chi connectivity index (χ3v) is 1.64. The summed E-state index contributed by atoms with van der Waals surface area (Å²) in [5.74, 6) is -0.104. The Balaban J connectivity index is 2.95. The van der Waals surface area contributed by atoms with Crippen molar-refractivity contribution in [2.75, 3.05) is 5.32 Å². The molecule has 5 heteroatoms. The van der Waals surface area contributed by atoms with Crippen molar-refractivity contribution in [2.24, 2.45) is 0 Å². The van der Waals surface area contributed by atoms with Gasteiger partial charge in [-0.3, -0.25) is 10.1 Å². The fourth-order valence-electron chi connectivity index (χ4n) is 1.07. The second-order valence-electron chi connectivity index (χ2n) is 3.26. The number of non-ortho nitro benzene ring substituents is 1. The number of rotatable bonds is 3. The quantitative estimate of drug-likeness (QED) is 0.441. The highest BCUT2D eigenvalue weighted by Crippen LogP contribution is 2.28. The average Bonchev–Trinajstić information content (AvgIpc) is 2.07. The molecule has 0 saturated heterocycles. The van der Waals surface area contributed by atoms with Crippen LogP contribution in [-0.4, -0.2) is 16.1 Å². The average molecular weight is 196 g/mol. The van der Waals surface area contributed by atoms with Gasteiger partial charge in [0.1, 0.15) is 5.75 Å². The molecule has 1 aromatic carbocycles. The Labute approximate surface area is 81.5 Å². The molecule has 0 aliphatic carbocycles. The predicted molar refractivity (Wildman–Crippen MR) is 53.5 cm³/mol. The van der Waals surface area contributed by atoms with Crippen LogP contribution in [0.5, 0.6) is 5.75 Å². The van der Waals surface area contributed by atoms with E-state index in [0.29, 0.717) is 5.69 Å². The zero-order valence-corrected chi connectivity index (χ0v) is 8.02. The van der Waals surface area contributed by atoms with Gasteiger partial charge in [-0.25, -0.2) is 0 Å².